The molecule has 1 rings (SSSR count). The zero-order chi connectivity index (χ0) is 8.97. The topological polar surface area (TPSA) is 55.1 Å². The summed E-state index contributed by atoms with van der Waals surface area (Å²) in [5.74, 6) is -0.145. The number of amides is 1. The molecule has 1 aromatic carbocycles. The molecule has 0 aromatic heterocycles. The SMILES string of the molecule is C[CH]C(=O)Nc1ccccc1N. The molecule has 0 aliphatic rings. The second-order valence-electron chi connectivity index (χ2n) is 2.37. The third-order valence-corrected chi connectivity index (χ3v) is 1.48. The maximum Gasteiger partial charge on any atom is 0.228 e. The van der Waals surface area contributed by atoms with Crippen LogP contribution in [0.15, 0.2) is 24.3 Å². The van der Waals surface area contributed by atoms with Crippen LogP contribution in [0.25, 0.3) is 0 Å². The molecule has 0 saturated carbocycles. The predicted molar refractivity (Wildman–Crippen MR) is 49.5 cm³/mol. The van der Waals surface area contributed by atoms with Crippen LogP contribution in [-0.4, -0.2) is 5.91 Å². The van der Waals surface area contributed by atoms with Crippen molar-refractivity contribution in [3.63, 3.8) is 0 Å². The Morgan fingerprint density at radius 3 is 2.75 bits per heavy atom. The second kappa shape index (κ2) is 3.76. The Labute approximate surface area is 71.6 Å². The van der Waals surface area contributed by atoms with Crippen molar-refractivity contribution >= 4 is 17.3 Å². The molecule has 0 unspecified atom stereocenters. The Morgan fingerprint density at radius 1 is 1.50 bits per heavy atom. The molecule has 0 aliphatic carbocycles. The quantitative estimate of drug-likeness (QED) is 0.648. The maximum atomic E-state index is 10.9. The van der Waals surface area contributed by atoms with Crippen LogP contribution in [0, 0.1) is 6.42 Å². The summed E-state index contributed by atoms with van der Waals surface area (Å²) in [6.45, 7) is 1.68. The number of carbonyl (C=O) groups excluding carboxylic acids is 1. The van der Waals surface area contributed by atoms with Crippen molar-refractivity contribution in [1.82, 2.24) is 0 Å². The van der Waals surface area contributed by atoms with Crippen molar-refractivity contribution in [2.75, 3.05) is 11.1 Å². The Balaban J connectivity index is 2.75. The van der Waals surface area contributed by atoms with Crippen molar-refractivity contribution in [2.45, 2.75) is 6.92 Å². The zero-order valence-electron chi connectivity index (χ0n) is 6.87. The van der Waals surface area contributed by atoms with E-state index in [0.717, 1.165) is 0 Å². The standard InChI is InChI=1S/C9H11N2O/c1-2-9(12)11-8-6-4-3-5-7(8)10/h2-6H,10H2,1H3,(H,11,12). The zero-order valence-corrected chi connectivity index (χ0v) is 6.87. The third kappa shape index (κ3) is 1.99. The second-order valence-corrected chi connectivity index (χ2v) is 2.37. The molecule has 0 aliphatic heterocycles. The number of hydrogen-bond acceptors (Lipinski definition) is 2. The molecule has 3 N–H and O–H groups in total. The van der Waals surface area contributed by atoms with Gasteiger partial charge in [0.05, 0.1) is 11.4 Å². The highest BCUT2D eigenvalue weighted by Gasteiger charge is 2.00. The highest BCUT2D eigenvalue weighted by molar-refractivity contribution is 5.98. The molecule has 3 heteroatoms. The van der Waals surface area contributed by atoms with Gasteiger partial charge >= 0.3 is 0 Å². The van der Waals surface area contributed by atoms with Crippen molar-refractivity contribution in [3.05, 3.63) is 30.7 Å². The van der Waals surface area contributed by atoms with E-state index < -0.39 is 0 Å². The summed E-state index contributed by atoms with van der Waals surface area (Å²) in [7, 11) is 0. The molecule has 0 spiro atoms. The number of benzene rings is 1. The van der Waals surface area contributed by atoms with E-state index in [1.165, 1.54) is 6.42 Å². The lowest BCUT2D eigenvalue weighted by Crippen LogP contribution is -2.11. The summed E-state index contributed by atoms with van der Waals surface area (Å²) in [5, 5.41) is 2.64. The van der Waals surface area contributed by atoms with E-state index in [-0.39, 0.29) is 5.91 Å². The average Bonchev–Trinajstić information content (AvgIpc) is 2.09. The van der Waals surface area contributed by atoms with Gasteiger partial charge in [-0.2, -0.15) is 0 Å². The molecule has 12 heavy (non-hydrogen) atoms. The van der Waals surface area contributed by atoms with Gasteiger partial charge < -0.3 is 11.1 Å². The van der Waals surface area contributed by atoms with Gasteiger partial charge in [-0.3, -0.25) is 4.79 Å². The van der Waals surface area contributed by atoms with Crippen molar-refractivity contribution < 1.29 is 4.79 Å². The fourth-order valence-electron chi connectivity index (χ4n) is 0.816. The number of nitrogens with one attached hydrogen (secondary N) is 1. The van der Waals surface area contributed by atoms with E-state index >= 15 is 0 Å². The number of nitrogens with two attached hydrogens (primary N) is 1. The van der Waals surface area contributed by atoms with E-state index in [9.17, 15) is 4.79 Å². The van der Waals surface area contributed by atoms with E-state index in [1.807, 2.05) is 12.1 Å². The molecule has 0 atom stereocenters. The third-order valence-electron chi connectivity index (χ3n) is 1.48. The predicted octanol–water partition coefficient (Wildman–Crippen LogP) is 1.43. The normalized spacial score (nSPS) is 9.42. The van der Waals surface area contributed by atoms with Crippen molar-refractivity contribution in [2.24, 2.45) is 0 Å². The van der Waals surface area contributed by atoms with Gasteiger partial charge in [0.25, 0.3) is 0 Å². The molecule has 0 fully saturated rings. The molecule has 63 valence electrons. The minimum atomic E-state index is -0.145. The lowest BCUT2D eigenvalue weighted by Gasteiger charge is -2.05. The molecule has 1 radical (unpaired) electrons. The lowest BCUT2D eigenvalue weighted by atomic mass is 10.2. The minimum Gasteiger partial charge on any atom is -0.397 e. The van der Waals surface area contributed by atoms with Crippen LogP contribution in [0.3, 0.4) is 0 Å². The van der Waals surface area contributed by atoms with Gasteiger partial charge in [-0.05, 0) is 12.1 Å². The number of anilines is 2. The smallest absolute Gasteiger partial charge is 0.228 e. The van der Waals surface area contributed by atoms with Gasteiger partial charge in [0, 0.05) is 6.42 Å². The summed E-state index contributed by atoms with van der Waals surface area (Å²) in [4.78, 5) is 10.9. The number of carbonyl (C=O) groups is 1. The summed E-state index contributed by atoms with van der Waals surface area (Å²) in [5.41, 5.74) is 6.82. The van der Waals surface area contributed by atoms with E-state index in [1.54, 1.807) is 19.1 Å². The van der Waals surface area contributed by atoms with Crippen LogP contribution < -0.4 is 11.1 Å². The van der Waals surface area contributed by atoms with E-state index in [4.69, 9.17) is 5.73 Å². The highest BCUT2D eigenvalue weighted by Crippen LogP contribution is 2.16. The van der Waals surface area contributed by atoms with Crippen LogP contribution in [-0.2, 0) is 4.79 Å². The maximum absolute atomic E-state index is 10.9. The highest BCUT2D eigenvalue weighted by atomic mass is 16.1. The van der Waals surface area contributed by atoms with Gasteiger partial charge in [0.1, 0.15) is 0 Å². The molecule has 1 amide bonds. The van der Waals surface area contributed by atoms with Gasteiger partial charge in [-0.25, -0.2) is 0 Å². The van der Waals surface area contributed by atoms with E-state index in [2.05, 4.69) is 5.32 Å². The first kappa shape index (κ1) is 8.59. The summed E-state index contributed by atoms with van der Waals surface area (Å²) in [6.07, 6.45) is 1.45. The van der Waals surface area contributed by atoms with Crippen molar-refractivity contribution in [1.29, 1.82) is 0 Å². The summed E-state index contributed by atoms with van der Waals surface area (Å²) in [6, 6.07) is 7.14. The molecule has 0 saturated heterocycles. The van der Waals surface area contributed by atoms with Crippen LogP contribution >= 0.6 is 0 Å². The molecule has 3 nitrogen and oxygen atoms in total. The number of nitrogen functional groups attached to an aromatic ring is 1. The summed E-state index contributed by atoms with van der Waals surface area (Å²) < 4.78 is 0. The largest absolute Gasteiger partial charge is 0.397 e. The summed E-state index contributed by atoms with van der Waals surface area (Å²) >= 11 is 0. The molecule has 1 aromatic rings. The first-order valence-electron chi connectivity index (χ1n) is 3.69. The molecule has 0 heterocycles. The van der Waals surface area contributed by atoms with Gasteiger partial charge in [-0.15, -0.1) is 0 Å². The Bertz CT molecular complexity index is 284. The molecular formula is C9H11N2O. The first-order valence-corrected chi connectivity index (χ1v) is 3.69. The van der Waals surface area contributed by atoms with Crippen LogP contribution in [0.5, 0.6) is 0 Å². The first-order chi connectivity index (χ1) is 5.74. The molecule has 0 bridgehead atoms. The minimum absolute atomic E-state index is 0.145. The fourth-order valence-corrected chi connectivity index (χ4v) is 0.816. The van der Waals surface area contributed by atoms with Gasteiger partial charge in [0.15, 0.2) is 0 Å². The Morgan fingerprint density at radius 2 is 2.17 bits per heavy atom. The molecular weight excluding hydrogens is 152 g/mol. The van der Waals surface area contributed by atoms with Gasteiger partial charge in [-0.1, -0.05) is 19.1 Å². The number of para-hydroxylation sites is 2. The van der Waals surface area contributed by atoms with Crippen molar-refractivity contribution in [3.8, 4) is 0 Å². The Hall–Kier alpha value is -1.51. The number of hydrogen-bond donors (Lipinski definition) is 2. The Kier molecular flexibility index (Phi) is 2.69. The van der Waals surface area contributed by atoms with Gasteiger partial charge in [0.2, 0.25) is 5.91 Å². The monoisotopic (exact) mass is 163 g/mol. The van der Waals surface area contributed by atoms with Crippen LogP contribution in [0.2, 0.25) is 0 Å². The fraction of sp³-hybridized carbons (Fsp3) is 0.111. The lowest BCUT2D eigenvalue weighted by molar-refractivity contribution is -0.113. The van der Waals surface area contributed by atoms with Crippen LogP contribution in [0.4, 0.5) is 11.4 Å². The van der Waals surface area contributed by atoms with Crippen LogP contribution in [0.1, 0.15) is 6.92 Å². The number of rotatable bonds is 2. The average molecular weight is 163 g/mol. The van der Waals surface area contributed by atoms with E-state index in [0.29, 0.717) is 11.4 Å².